The summed E-state index contributed by atoms with van der Waals surface area (Å²) in [6.07, 6.45) is 0.989. The van der Waals surface area contributed by atoms with E-state index in [0.29, 0.717) is 18.1 Å². The molecule has 0 aliphatic carbocycles. The number of hydrogen-bond donors (Lipinski definition) is 1. The molecule has 0 aromatic heterocycles. The van der Waals surface area contributed by atoms with Gasteiger partial charge in [-0.25, -0.2) is 4.39 Å². The molecule has 0 spiro atoms. The molecule has 0 bridgehead atoms. The molecule has 2 nitrogen and oxygen atoms in total. The molecule has 1 aliphatic heterocycles. The van der Waals surface area contributed by atoms with Crippen LogP contribution in [0.1, 0.15) is 29.0 Å². The molecule has 86 valence electrons. The summed E-state index contributed by atoms with van der Waals surface area (Å²) < 4.78 is 18.9. The molecule has 1 fully saturated rings. The maximum Gasteiger partial charge on any atom is 0.132 e. The van der Waals surface area contributed by atoms with Crippen molar-refractivity contribution >= 4 is 5.70 Å². The van der Waals surface area contributed by atoms with Gasteiger partial charge in [-0.1, -0.05) is 12.6 Å². The average Bonchev–Trinajstić information content (AvgIpc) is 2.70. The van der Waals surface area contributed by atoms with E-state index in [1.165, 1.54) is 6.07 Å². The van der Waals surface area contributed by atoms with Crippen LogP contribution < -0.4 is 5.73 Å². The van der Waals surface area contributed by atoms with Crippen LogP contribution in [0.2, 0.25) is 0 Å². The van der Waals surface area contributed by atoms with Crippen LogP contribution >= 0.6 is 0 Å². The lowest BCUT2D eigenvalue weighted by Gasteiger charge is -2.16. The zero-order chi connectivity index (χ0) is 11.7. The molecule has 0 radical (unpaired) electrons. The SMILES string of the molecule is C=C(N)c1c(F)ccc(C2CCOC2)c1C. The predicted octanol–water partition coefficient (Wildman–Crippen LogP) is 2.57. The summed E-state index contributed by atoms with van der Waals surface area (Å²) in [7, 11) is 0. The summed E-state index contributed by atoms with van der Waals surface area (Å²) >= 11 is 0. The van der Waals surface area contributed by atoms with Crippen molar-refractivity contribution in [3.63, 3.8) is 0 Å². The molecule has 0 saturated carbocycles. The van der Waals surface area contributed by atoms with Crippen LogP contribution in [0.4, 0.5) is 4.39 Å². The normalized spacial score (nSPS) is 20.0. The Morgan fingerprint density at radius 2 is 2.31 bits per heavy atom. The summed E-state index contributed by atoms with van der Waals surface area (Å²) in [5.41, 5.74) is 8.37. The minimum absolute atomic E-state index is 0.288. The third-order valence-corrected chi connectivity index (χ3v) is 3.15. The van der Waals surface area contributed by atoms with E-state index >= 15 is 0 Å². The first kappa shape index (κ1) is 11.1. The van der Waals surface area contributed by atoms with Gasteiger partial charge >= 0.3 is 0 Å². The topological polar surface area (TPSA) is 35.2 Å². The van der Waals surface area contributed by atoms with Crippen LogP contribution in [0, 0.1) is 12.7 Å². The fraction of sp³-hybridized carbons (Fsp3) is 0.385. The van der Waals surface area contributed by atoms with Gasteiger partial charge in [0.15, 0.2) is 0 Å². The van der Waals surface area contributed by atoms with Crippen LogP contribution in [0.3, 0.4) is 0 Å². The Morgan fingerprint density at radius 3 is 2.88 bits per heavy atom. The molecule has 1 saturated heterocycles. The summed E-state index contributed by atoms with van der Waals surface area (Å²) in [5, 5.41) is 0. The quantitative estimate of drug-likeness (QED) is 0.833. The highest BCUT2D eigenvalue weighted by atomic mass is 19.1. The predicted molar refractivity (Wildman–Crippen MR) is 62.5 cm³/mol. The second kappa shape index (κ2) is 4.26. The van der Waals surface area contributed by atoms with E-state index in [9.17, 15) is 4.39 Å². The number of ether oxygens (including phenoxy) is 1. The Labute approximate surface area is 94.9 Å². The highest BCUT2D eigenvalue weighted by Gasteiger charge is 2.22. The molecule has 2 N–H and O–H groups in total. The van der Waals surface area contributed by atoms with Gasteiger partial charge in [0.05, 0.1) is 6.61 Å². The van der Waals surface area contributed by atoms with Crippen LogP contribution in [-0.2, 0) is 4.74 Å². The van der Waals surface area contributed by atoms with E-state index in [1.807, 2.05) is 13.0 Å². The molecule has 1 aliphatic rings. The smallest absolute Gasteiger partial charge is 0.132 e. The largest absolute Gasteiger partial charge is 0.399 e. The lowest BCUT2D eigenvalue weighted by atomic mass is 9.90. The average molecular weight is 221 g/mol. The number of hydrogen-bond acceptors (Lipinski definition) is 2. The van der Waals surface area contributed by atoms with Gasteiger partial charge in [0.1, 0.15) is 5.82 Å². The number of nitrogens with two attached hydrogens (primary N) is 1. The van der Waals surface area contributed by atoms with Crippen molar-refractivity contribution in [3.05, 3.63) is 41.2 Å². The molecular formula is C13H16FNO. The van der Waals surface area contributed by atoms with Gasteiger partial charge in [-0.15, -0.1) is 0 Å². The molecule has 2 rings (SSSR count). The minimum atomic E-state index is -0.298. The lowest BCUT2D eigenvalue weighted by molar-refractivity contribution is 0.194. The molecule has 1 aromatic carbocycles. The van der Waals surface area contributed by atoms with E-state index in [1.54, 1.807) is 0 Å². The highest BCUT2D eigenvalue weighted by Crippen LogP contribution is 2.31. The van der Waals surface area contributed by atoms with Crippen molar-refractivity contribution < 1.29 is 9.13 Å². The number of halogens is 1. The van der Waals surface area contributed by atoms with E-state index < -0.39 is 0 Å². The Kier molecular flexibility index (Phi) is 2.97. The molecule has 1 unspecified atom stereocenters. The first-order chi connectivity index (χ1) is 7.61. The lowest BCUT2D eigenvalue weighted by Crippen LogP contribution is -2.07. The monoisotopic (exact) mass is 221 g/mol. The van der Waals surface area contributed by atoms with Crippen molar-refractivity contribution in [2.75, 3.05) is 13.2 Å². The Bertz CT molecular complexity index is 422. The van der Waals surface area contributed by atoms with Crippen molar-refractivity contribution in [2.24, 2.45) is 5.73 Å². The van der Waals surface area contributed by atoms with Crippen LogP contribution in [0.5, 0.6) is 0 Å². The molecule has 1 atom stereocenters. The third kappa shape index (κ3) is 1.83. The van der Waals surface area contributed by atoms with E-state index in [-0.39, 0.29) is 11.5 Å². The highest BCUT2D eigenvalue weighted by molar-refractivity contribution is 5.65. The summed E-state index contributed by atoms with van der Waals surface area (Å²) in [6.45, 7) is 7.00. The molecule has 1 heterocycles. The van der Waals surface area contributed by atoms with Gasteiger partial charge in [0, 0.05) is 23.8 Å². The van der Waals surface area contributed by atoms with Gasteiger partial charge in [0.2, 0.25) is 0 Å². The Morgan fingerprint density at radius 1 is 1.56 bits per heavy atom. The summed E-state index contributed by atoms with van der Waals surface area (Å²) in [6, 6.07) is 3.30. The van der Waals surface area contributed by atoms with Gasteiger partial charge < -0.3 is 10.5 Å². The van der Waals surface area contributed by atoms with Crippen molar-refractivity contribution in [1.82, 2.24) is 0 Å². The molecule has 1 aromatic rings. The maximum absolute atomic E-state index is 13.6. The molecule has 0 amide bonds. The van der Waals surface area contributed by atoms with Crippen molar-refractivity contribution in [3.8, 4) is 0 Å². The minimum Gasteiger partial charge on any atom is -0.399 e. The van der Waals surface area contributed by atoms with Crippen LogP contribution in [-0.4, -0.2) is 13.2 Å². The van der Waals surface area contributed by atoms with Crippen molar-refractivity contribution in [2.45, 2.75) is 19.3 Å². The van der Waals surface area contributed by atoms with E-state index in [0.717, 1.165) is 24.2 Å². The Hall–Kier alpha value is -1.35. The van der Waals surface area contributed by atoms with E-state index in [4.69, 9.17) is 10.5 Å². The zero-order valence-electron chi connectivity index (χ0n) is 9.42. The van der Waals surface area contributed by atoms with E-state index in [2.05, 4.69) is 6.58 Å². The van der Waals surface area contributed by atoms with Gasteiger partial charge in [-0.3, -0.25) is 0 Å². The standard InChI is InChI=1S/C13H16FNO/c1-8-11(10-5-6-16-7-10)3-4-12(14)13(8)9(2)15/h3-4,10H,2,5-7,15H2,1H3. The third-order valence-electron chi connectivity index (χ3n) is 3.15. The second-order valence-corrected chi connectivity index (χ2v) is 4.22. The fourth-order valence-electron chi connectivity index (χ4n) is 2.31. The second-order valence-electron chi connectivity index (χ2n) is 4.22. The first-order valence-electron chi connectivity index (χ1n) is 5.42. The van der Waals surface area contributed by atoms with Gasteiger partial charge in [0.25, 0.3) is 0 Å². The van der Waals surface area contributed by atoms with Crippen LogP contribution in [0.15, 0.2) is 18.7 Å². The zero-order valence-corrected chi connectivity index (χ0v) is 9.42. The number of rotatable bonds is 2. The number of benzene rings is 1. The maximum atomic E-state index is 13.6. The summed E-state index contributed by atoms with van der Waals surface area (Å²) in [4.78, 5) is 0. The van der Waals surface area contributed by atoms with Gasteiger partial charge in [-0.2, -0.15) is 0 Å². The van der Waals surface area contributed by atoms with Crippen molar-refractivity contribution in [1.29, 1.82) is 0 Å². The van der Waals surface area contributed by atoms with Crippen LogP contribution in [0.25, 0.3) is 5.70 Å². The summed E-state index contributed by atoms with van der Waals surface area (Å²) in [5.74, 6) is 0.0614. The molecule has 16 heavy (non-hydrogen) atoms. The molecular weight excluding hydrogens is 205 g/mol. The Balaban J connectivity index is 2.47. The molecule has 3 heteroatoms. The first-order valence-corrected chi connectivity index (χ1v) is 5.42. The fourth-order valence-corrected chi connectivity index (χ4v) is 2.31. The van der Waals surface area contributed by atoms with Gasteiger partial charge in [-0.05, 0) is 30.5 Å².